The molecule has 0 unspecified atom stereocenters. The van der Waals surface area contributed by atoms with Gasteiger partial charge in [-0.05, 0) is 31.2 Å². The van der Waals surface area contributed by atoms with E-state index in [-0.39, 0.29) is 12.4 Å². The molecule has 1 amide bonds. The summed E-state index contributed by atoms with van der Waals surface area (Å²) >= 11 is 0. The highest BCUT2D eigenvalue weighted by atomic mass is 16.7. The molecule has 1 rings (SSSR count). The number of nitrogens with two attached hydrogens (primary N) is 1. The Morgan fingerprint density at radius 1 is 1.17 bits per heavy atom. The molecule has 0 aliphatic heterocycles. The van der Waals surface area contributed by atoms with Gasteiger partial charge in [-0.3, -0.25) is 4.79 Å². The van der Waals surface area contributed by atoms with Crippen LogP contribution in [0.15, 0.2) is 24.3 Å². The van der Waals surface area contributed by atoms with E-state index in [9.17, 15) is 9.59 Å². The molecule has 0 aliphatic rings. The number of benzene rings is 1. The van der Waals surface area contributed by atoms with Gasteiger partial charge < -0.3 is 19.9 Å². The van der Waals surface area contributed by atoms with Crippen LogP contribution in [0.2, 0.25) is 0 Å². The monoisotopic (exact) mass is 253 g/mol. The predicted octanol–water partition coefficient (Wildman–Crippen LogP) is 1.34. The maximum absolute atomic E-state index is 11.2. The highest BCUT2D eigenvalue weighted by molar-refractivity contribution is 5.92. The van der Waals surface area contributed by atoms with Crippen molar-refractivity contribution in [1.29, 1.82) is 0 Å². The first-order valence-electron chi connectivity index (χ1n) is 5.45. The molecule has 0 aliphatic carbocycles. The molecule has 0 atom stereocenters. The van der Waals surface area contributed by atoms with Crippen molar-refractivity contribution in [2.24, 2.45) is 5.73 Å². The minimum absolute atomic E-state index is 0.131. The lowest BCUT2D eigenvalue weighted by Crippen LogP contribution is -2.15. The highest BCUT2D eigenvalue weighted by Crippen LogP contribution is 2.12. The molecular weight excluding hydrogens is 238 g/mol. The fraction of sp³-hybridized carbons (Fsp3) is 0.333. The molecule has 0 spiro atoms. The van der Waals surface area contributed by atoms with E-state index in [4.69, 9.17) is 19.9 Å². The maximum atomic E-state index is 11.2. The van der Waals surface area contributed by atoms with Crippen molar-refractivity contribution in [3.05, 3.63) is 29.8 Å². The zero-order valence-electron chi connectivity index (χ0n) is 10.0. The summed E-state index contributed by atoms with van der Waals surface area (Å²) in [6, 6.07) is 5.85. The summed E-state index contributed by atoms with van der Waals surface area (Å²) in [7, 11) is 0. The van der Waals surface area contributed by atoms with E-state index in [0.29, 0.717) is 18.8 Å². The third-order valence-corrected chi connectivity index (χ3v) is 1.99. The Morgan fingerprint density at radius 2 is 1.83 bits per heavy atom. The number of hydrogen-bond donors (Lipinski definition) is 1. The third kappa shape index (κ3) is 4.84. The van der Waals surface area contributed by atoms with Crippen molar-refractivity contribution < 1.29 is 23.8 Å². The maximum Gasteiger partial charge on any atom is 0.513 e. The van der Waals surface area contributed by atoms with Crippen LogP contribution in [0.5, 0.6) is 5.75 Å². The van der Waals surface area contributed by atoms with Gasteiger partial charge in [-0.1, -0.05) is 0 Å². The third-order valence-electron chi connectivity index (χ3n) is 1.99. The molecular formula is C12H15NO5. The second-order valence-electron chi connectivity index (χ2n) is 3.29. The van der Waals surface area contributed by atoms with Gasteiger partial charge in [0, 0.05) is 12.2 Å². The van der Waals surface area contributed by atoms with Crippen LogP contribution in [0.4, 0.5) is 4.79 Å². The molecule has 6 heteroatoms. The molecule has 0 radical (unpaired) electrons. The molecule has 1 aromatic carbocycles. The van der Waals surface area contributed by atoms with Crippen LogP contribution in [0.25, 0.3) is 0 Å². The van der Waals surface area contributed by atoms with Crippen molar-refractivity contribution >= 4 is 12.1 Å². The van der Waals surface area contributed by atoms with Gasteiger partial charge in [0.2, 0.25) is 5.91 Å². The van der Waals surface area contributed by atoms with Gasteiger partial charge in [0.15, 0.2) is 0 Å². The van der Waals surface area contributed by atoms with Crippen molar-refractivity contribution in [1.82, 2.24) is 0 Å². The largest absolute Gasteiger partial charge is 0.513 e. The number of carbonyl (C=O) groups excluding carboxylic acids is 2. The van der Waals surface area contributed by atoms with E-state index < -0.39 is 12.1 Å². The molecule has 0 bridgehead atoms. The van der Waals surface area contributed by atoms with E-state index in [1.165, 1.54) is 24.3 Å². The number of hydrogen-bond acceptors (Lipinski definition) is 5. The summed E-state index contributed by atoms with van der Waals surface area (Å²) in [5.41, 5.74) is 5.41. The predicted molar refractivity (Wildman–Crippen MR) is 63.4 cm³/mol. The van der Waals surface area contributed by atoms with Crippen LogP contribution in [0.1, 0.15) is 17.3 Å². The second kappa shape index (κ2) is 7.29. The van der Waals surface area contributed by atoms with Crippen LogP contribution in [0, 0.1) is 0 Å². The molecule has 0 aromatic heterocycles. The van der Waals surface area contributed by atoms with E-state index >= 15 is 0 Å². The van der Waals surface area contributed by atoms with Crippen molar-refractivity contribution in [3.63, 3.8) is 0 Å². The van der Waals surface area contributed by atoms with Crippen LogP contribution < -0.4 is 10.5 Å². The molecule has 18 heavy (non-hydrogen) atoms. The number of carbonyl (C=O) groups is 2. The lowest BCUT2D eigenvalue weighted by Gasteiger charge is -2.06. The first-order chi connectivity index (χ1) is 8.63. The Hall–Kier alpha value is -2.08. The van der Waals surface area contributed by atoms with E-state index in [2.05, 4.69) is 0 Å². The minimum atomic E-state index is -0.818. The normalized spacial score (nSPS) is 9.83. The van der Waals surface area contributed by atoms with Crippen molar-refractivity contribution in [3.8, 4) is 5.75 Å². The highest BCUT2D eigenvalue weighted by Gasteiger charge is 2.06. The molecule has 0 saturated heterocycles. The summed E-state index contributed by atoms with van der Waals surface area (Å²) in [6.07, 6.45) is -0.818. The summed E-state index contributed by atoms with van der Waals surface area (Å²) in [6.45, 7) is 2.86. The van der Waals surface area contributed by atoms with Gasteiger partial charge in [0.1, 0.15) is 12.4 Å². The van der Waals surface area contributed by atoms with E-state index in [1.807, 2.05) is 6.92 Å². The molecule has 0 fully saturated rings. The average Bonchev–Trinajstić information content (AvgIpc) is 2.35. The number of amides is 1. The molecule has 6 nitrogen and oxygen atoms in total. The van der Waals surface area contributed by atoms with E-state index in [0.717, 1.165) is 0 Å². The van der Waals surface area contributed by atoms with Crippen LogP contribution in [-0.4, -0.2) is 31.9 Å². The van der Waals surface area contributed by atoms with Crippen LogP contribution in [0.3, 0.4) is 0 Å². The summed E-state index contributed by atoms with van der Waals surface area (Å²) in [4.78, 5) is 22.0. The first kappa shape index (κ1) is 14.0. The molecule has 2 N–H and O–H groups in total. The summed E-state index contributed by atoms with van der Waals surface area (Å²) in [5.74, 6) is -0.262. The van der Waals surface area contributed by atoms with Gasteiger partial charge in [-0.15, -0.1) is 0 Å². The van der Waals surface area contributed by atoms with Gasteiger partial charge >= 0.3 is 6.16 Å². The van der Waals surface area contributed by atoms with Crippen LogP contribution >= 0.6 is 0 Å². The second-order valence-corrected chi connectivity index (χ2v) is 3.29. The zero-order valence-corrected chi connectivity index (χ0v) is 10.0. The smallest absolute Gasteiger partial charge is 0.432 e. The Morgan fingerprint density at radius 3 is 2.39 bits per heavy atom. The first-order valence-corrected chi connectivity index (χ1v) is 5.45. The van der Waals surface area contributed by atoms with Crippen molar-refractivity contribution in [2.75, 3.05) is 19.8 Å². The van der Waals surface area contributed by atoms with Gasteiger partial charge in [-0.2, -0.15) is 0 Å². The lowest BCUT2D eigenvalue weighted by molar-refractivity contribution is 0.0560. The fourth-order valence-electron chi connectivity index (χ4n) is 1.14. The SMILES string of the molecule is CCOCCOC(=O)Oc1ccc(C(N)=O)cc1. The summed E-state index contributed by atoms with van der Waals surface area (Å²) < 4.78 is 14.6. The molecule has 1 aromatic rings. The Bertz CT molecular complexity index is 401. The van der Waals surface area contributed by atoms with Gasteiger partial charge in [0.25, 0.3) is 0 Å². The van der Waals surface area contributed by atoms with Crippen molar-refractivity contribution in [2.45, 2.75) is 6.92 Å². The van der Waals surface area contributed by atoms with Gasteiger partial charge in [0.05, 0.1) is 6.61 Å². The Balaban J connectivity index is 2.37. The average molecular weight is 253 g/mol. The summed E-state index contributed by atoms with van der Waals surface area (Å²) in [5, 5.41) is 0. The van der Waals surface area contributed by atoms with Gasteiger partial charge in [-0.25, -0.2) is 4.79 Å². The Labute approximate surface area is 105 Å². The number of primary amides is 1. The van der Waals surface area contributed by atoms with E-state index in [1.54, 1.807) is 0 Å². The molecule has 98 valence electrons. The standard InChI is InChI=1S/C12H15NO5/c1-2-16-7-8-17-12(15)18-10-5-3-9(4-6-10)11(13)14/h3-6H,2,7-8H2,1H3,(H2,13,14). The molecule has 0 heterocycles. The zero-order chi connectivity index (χ0) is 13.4. The lowest BCUT2D eigenvalue weighted by atomic mass is 10.2. The quantitative estimate of drug-likeness (QED) is 0.469. The number of rotatable bonds is 6. The number of ether oxygens (including phenoxy) is 3. The van der Waals surface area contributed by atoms with Crippen LogP contribution in [-0.2, 0) is 9.47 Å². The topological polar surface area (TPSA) is 87.8 Å². The molecule has 0 saturated carbocycles. The Kier molecular flexibility index (Phi) is 5.66. The fourth-order valence-corrected chi connectivity index (χ4v) is 1.14. The minimum Gasteiger partial charge on any atom is -0.432 e.